The van der Waals surface area contributed by atoms with Crippen molar-refractivity contribution in [1.82, 2.24) is 10.2 Å². The highest BCUT2D eigenvalue weighted by molar-refractivity contribution is 6.30. The number of amides is 2. The molecular weight excluding hydrogens is 331 g/mol. The minimum atomic E-state index is -0.330. The van der Waals surface area contributed by atoms with Gasteiger partial charge in [-0.25, -0.2) is 4.39 Å². The Labute approximate surface area is 145 Å². The normalized spacial score (nSPS) is 10.3. The summed E-state index contributed by atoms with van der Waals surface area (Å²) in [6.07, 6.45) is 0.172. The van der Waals surface area contributed by atoms with Crippen molar-refractivity contribution in [2.75, 3.05) is 13.6 Å². The van der Waals surface area contributed by atoms with Crippen molar-refractivity contribution in [3.63, 3.8) is 0 Å². The van der Waals surface area contributed by atoms with Crippen LogP contribution >= 0.6 is 11.6 Å². The molecule has 2 rings (SSSR count). The number of carbonyl (C=O) groups excluding carboxylic acids is 2. The highest BCUT2D eigenvalue weighted by Gasteiger charge is 2.11. The largest absolute Gasteiger partial charge is 0.352 e. The molecule has 4 nitrogen and oxygen atoms in total. The van der Waals surface area contributed by atoms with Crippen LogP contribution in [-0.2, 0) is 11.3 Å². The number of hydrogen-bond acceptors (Lipinski definition) is 2. The van der Waals surface area contributed by atoms with Crippen molar-refractivity contribution >= 4 is 23.4 Å². The first kappa shape index (κ1) is 17.9. The van der Waals surface area contributed by atoms with Gasteiger partial charge in [0, 0.05) is 37.1 Å². The summed E-state index contributed by atoms with van der Waals surface area (Å²) in [6, 6.07) is 12.6. The summed E-state index contributed by atoms with van der Waals surface area (Å²) < 4.78 is 13.1. The van der Waals surface area contributed by atoms with E-state index in [9.17, 15) is 14.0 Å². The van der Waals surface area contributed by atoms with Crippen LogP contribution in [0.1, 0.15) is 22.3 Å². The van der Waals surface area contributed by atoms with E-state index in [4.69, 9.17) is 11.6 Å². The van der Waals surface area contributed by atoms with Crippen molar-refractivity contribution in [1.29, 1.82) is 0 Å². The van der Waals surface area contributed by atoms with Gasteiger partial charge in [-0.15, -0.1) is 0 Å². The van der Waals surface area contributed by atoms with Crippen LogP contribution in [0.15, 0.2) is 48.5 Å². The molecule has 0 aliphatic carbocycles. The molecule has 0 saturated carbocycles. The number of rotatable bonds is 6. The number of nitrogens with zero attached hydrogens (tertiary/aromatic N) is 1. The number of benzene rings is 2. The second kappa shape index (κ2) is 8.45. The maximum absolute atomic E-state index is 13.1. The second-order valence-corrected chi connectivity index (χ2v) is 5.83. The van der Waals surface area contributed by atoms with E-state index in [-0.39, 0.29) is 30.6 Å². The van der Waals surface area contributed by atoms with Crippen molar-refractivity contribution in [2.24, 2.45) is 0 Å². The zero-order chi connectivity index (χ0) is 17.5. The van der Waals surface area contributed by atoms with E-state index >= 15 is 0 Å². The van der Waals surface area contributed by atoms with Crippen LogP contribution < -0.4 is 5.32 Å². The molecule has 0 fully saturated rings. The maximum Gasteiger partial charge on any atom is 0.251 e. The van der Waals surface area contributed by atoms with E-state index in [1.54, 1.807) is 43.4 Å². The fourth-order valence-electron chi connectivity index (χ4n) is 2.17. The summed E-state index contributed by atoms with van der Waals surface area (Å²) in [6.45, 7) is 0.551. The van der Waals surface area contributed by atoms with Crippen molar-refractivity contribution in [2.45, 2.75) is 13.0 Å². The van der Waals surface area contributed by atoms with E-state index in [2.05, 4.69) is 5.32 Å². The summed E-state index contributed by atoms with van der Waals surface area (Å²) in [5.74, 6) is -0.716. The van der Waals surface area contributed by atoms with Crippen molar-refractivity contribution in [3.05, 3.63) is 70.5 Å². The maximum atomic E-state index is 13.1. The lowest BCUT2D eigenvalue weighted by molar-refractivity contribution is -0.130. The molecule has 0 heterocycles. The molecule has 0 saturated heterocycles. The highest BCUT2D eigenvalue weighted by Crippen LogP contribution is 2.09. The third-order valence-electron chi connectivity index (χ3n) is 3.47. The minimum Gasteiger partial charge on any atom is -0.352 e. The van der Waals surface area contributed by atoms with Crippen LogP contribution in [-0.4, -0.2) is 30.3 Å². The first-order chi connectivity index (χ1) is 11.5. The summed E-state index contributed by atoms with van der Waals surface area (Å²) in [5.41, 5.74) is 1.20. The number of carbonyl (C=O) groups is 2. The highest BCUT2D eigenvalue weighted by atomic mass is 35.5. The number of hydrogen-bond donors (Lipinski definition) is 1. The van der Waals surface area contributed by atoms with Crippen LogP contribution in [0.25, 0.3) is 0 Å². The first-order valence-corrected chi connectivity index (χ1v) is 7.85. The lowest BCUT2D eigenvalue weighted by Gasteiger charge is -2.17. The molecule has 0 spiro atoms. The van der Waals surface area contributed by atoms with Gasteiger partial charge in [0.25, 0.3) is 5.91 Å². The molecule has 24 heavy (non-hydrogen) atoms. The molecule has 1 N–H and O–H groups in total. The van der Waals surface area contributed by atoms with Gasteiger partial charge in [-0.1, -0.05) is 23.7 Å². The average Bonchev–Trinajstić information content (AvgIpc) is 2.55. The SMILES string of the molecule is CN(Cc1cccc(F)c1)C(=O)CCNC(=O)c1ccc(Cl)cc1. The van der Waals surface area contributed by atoms with Gasteiger partial charge in [0.05, 0.1) is 0 Å². The molecule has 0 unspecified atom stereocenters. The van der Waals surface area contributed by atoms with E-state index in [0.29, 0.717) is 17.1 Å². The van der Waals surface area contributed by atoms with Crippen molar-refractivity contribution < 1.29 is 14.0 Å². The van der Waals surface area contributed by atoms with Crippen LogP contribution in [0, 0.1) is 5.82 Å². The molecule has 2 aromatic rings. The number of nitrogens with one attached hydrogen (secondary N) is 1. The predicted octanol–water partition coefficient (Wildman–Crippen LogP) is 3.26. The van der Waals surface area contributed by atoms with Crippen LogP contribution in [0.5, 0.6) is 0 Å². The monoisotopic (exact) mass is 348 g/mol. The van der Waals surface area contributed by atoms with E-state index in [1.165, 1.54) is 17.0 Å². The Morgan fingerprint density at radius 3 is 2.54 bits per heavy atom. The second-order valence-electron chi connectivity index (χ2n) is 5.39. The summed E-state index contributed by atoms with van der Waals surface area (Å²) in [5, 5.41) is 3.24. The lowest BCUT2D eigenvalue weighted by Crippen LogP contribution is -2.31. The molecule has 0 radical (unpaired) electrons. The smallest absolute Gasteiger partial charge is 0.251 e. The van der Waals surface area contributed by atoms with Gasteiger partial charge < -0.3 is 10.2 Å². The summed E-state index contributed by atoms with van der Waals surface area (Å²) in [4.78, 5) is 25.5. The Morgan fingerprint density at radius 1 is 1.17 bits per heavy atom. The number of halogens is 2. The van der Waals surface area contributed by atoms with Gasteiger partial charge in [-0.3, -0.25) is 9.59 Å². The van der Waals surface area contributed by atoms with Gasteiger partial charge in [0.15, 0.2) is 0 Å². The molecule has 2 aromatic carbocycles. The summed E-state index contributed by atoms with van der Waals surface area (Å²) in [7, 11) is 1.65. The van der Waals surface area contributed by atoms with E-state index in [0.717, 1.165) is 5.56 Å². The Balaban J connectivity index is 1.78. The van der Waals surface area contributed by atoms with Gasteiger partial charge >= 0.3 is 0 Å². The van der Waals surface area contributed by atoms with Crippen LogP contribution in [0.3, 0.4) is 0 Å². The molecule has 6 heteroatoms. The summed E-state index contributed by atoms with van der Waals surface area (Å²) >= 11 is 5.77. The zero-order valence-electron chi connectivity index (χ0n) is 13.3. The van der Waals surface area contributed by atoms with Crippen LogP contribution in [0.2, 0.25) is 5.02 Å². The first-order valence-electron chi connectivity index (χ1n) is 7.48. The standard InChI is InChI=1S/C18H18ClFN2O2/c1-22(12-13-3-2-4-16(20)11-13)17(23)9-10-21-18(24)14-5-7-15(19)8-6-14/h2-8,11H,9-10,12H2,1H3,(H,21,24). The Hall–Kier alpha value is -2.40. The molecule has 0 atom stereocenters. The van der Waals surface area contributed by atoms with Gasteiger partial charge in [0.1, 0.15) is 5.82 Å². The van der Waals surface area contributed by atoms with Gasteiger partial charge in [-0.05, 0) is 42.0 Å². The van der Waals surface area contributed by atoms with Gasteiger partial charge in [-0.2, -0.15) is 0 Å². The topological polar surface area (TPSA) is 49.4 Å². The van der Waals surface area contributed by atoms with Crippen molar-refractivity contribution in [3.8, 4) is 0 Å². The molecule has 0 aliphatic rings. The van der Waals surface area contributed by atoms with Crippen LogP contribution in [0.4, 0.5) is 4.39 Å². The van der Waals surface area contributed by atoms with E-state index < -0.39 is 0 Å². The Morgan fingerprint density at radius 2 is 1.88 bits per heavy atom. The fourth-order valence-corrected chi connectivity index (χ4v) is 2.30. The quantitative estimate of drug-likeness (QED) is 0.871. The zero-order valence-corrected chi connectivity index (χ0v) is 14.0. The molecule has 126 valence electrons. The van der Waals surface area contributed by atoms with Gasteiger partial charge in [0.2, 0.25) is 5.91 Å². The average molecular weight is 349 g/mol. The lowest BCUT2D eigenvalue weighted by atomic mass is 10.2. The third-order valence-corrected chi connectivity index (χ3v) is 3.72. The predicted molar refractivity (Wildman–Crippen MR) is 91.3 cm³/mol. The Kier molecular flexibility index (Phi) is 6.32. The minimum absolute atomic E-state index is 0.129. The molecule has 0 aromatic heterocycles. The molecule has 0 aliphatic heterocycles. The molecule has 0 bridgehead atoms. The third kappa shape index (κ3) is 5.35. The molecular formula is C18H18ClFN2O2. The fraction of sp³-hybridized carbons (Fsp3) is 0.222. The molecule has 2 amide bonds. The van der Waals surface area contributed by atoms with E-state index in [1.807, 2.05) is 0 Å². The Bertz CT molecular complexity index is 719.